The minimum atomic E-state index is -4.73. The molecule has 0 saturated carbocycles. The molecular weight excluding hydrogens is 438 g/mol. The number of halogens is 5. The van der Waals surface area contributed by atoms with E-state index >= 15 is 0 Å². The Labute approximate surface area is 170 Å². The molecule has 2 heterocycles. The fourth-order valence-corrected chi connectivity index (χ4v) is 4.79. The van der Waals surface area contributed by atoms with Crippen LogP contribution in [-0.4, -0.2) is 48.8 Å². The number of hydrogen-bond acceptors (Lipinski definition) is 4. The van der Waals surface area contributed by atoms with Gasteiger partial charge in [-0.3, -0.25) is 4.90 Å². The highest BCUT2D eigenvalue weighted by atomic mass is 35.5. The Balaban J connectivity index is 1.72. The number of alkyl halides is 3. The van der Waals surface area contributed by atoms with E-state index in [1.807, 2.05) is 11.0 Å². The molecular formula is C17H16Cl2F3N3O2S. The first-order valence-corrected chi connectivity index (χ1v) is 10.5. The standard InChI is InChI=1S/C17H16Cl2F3N3O2S/c18-15-4-3-13(10-14(15)17(20,21)22)28(26,27)25-8-6-24(7-9-25)11-12-2-1-5-23-16(12)19/h1-5,10H,6-9,11H2. The zero-order chi connectivity index (χ0) is 20.5. The van der Waals surface area contributed by atoms with Crippen LogP contribution in [0.2, 0.25) is 10.2 Å². The van der Waals surface area contributed by atoms with Gasteiger partial charge in [-0.2, -0.15) is 17.5 Å². The van der Waals surface area contributed by atoms with E-state index < -0.39 is 31.7 Å². The molecule has 0 radical (unpaired) electrons. The first-order valence-electron chi connectivity index (χ1n) is 8.27. The molecule has 5 nitrogen and oxygen atoms in total. The number of nitrogens with zero attached hydrogens (tertiary/aromatic N) is 3. The van der Waals surface area contributed by atoms with Gasteiger partial charge in [-0.15, -0.1) is 0 Å². The SMILES string of the molecule is O=S(=O)(c1ccc(Cl)c(C(F)(F)F)c1)N1CCN(Cc2cccnc2Cl)CC1. The van der Waals surface area contributed by atoms with Gasteiger partial charge in [0.1, 0.15) is 5.15 Å². The summed E-state index contributed by atoms with van der Waals surface area (Å²) in [6.07, 6.45) is -3.15. The summed E-state index contributed by atoms with van der Waals surface area (Å²) < 4.78 is 65.8. The molecule has 0 amide bonds. The average molecular weight is 454 g/mol. The Morgan fingerprint density at radius 1 is 1.07 bits per heavy atom. The maximum absolute atomic E-state index is 13.0. The van der Waals surface area contributed by atoms with Crippen molar-refractivity contribution in [2.24, 2.45) is 0 Å². The van der Waals surface area contributed by atoms with Gasteiger partial charge in [0.05, 0.1) is 15.5 Å². The molecule has 1 aliphatic heterocycles. The summed E-state index contributed by atoms with van der Waals surface area (Å²) in [4.78, 5) is 5.59. The van der Waals surface area contributed by atoms with Crippen molar-refractivity contribution in [1.29, 1.82) is 0 Å². The van der Waals surface area contributed by atoms with Crippen LogP contribution in [0, 0.1) is 0 Å². The topological polar surface area (TPSA) is 53.5 Å². The van der Waals surface area contributed by atoms with E-state index in [1.54, 1.807) is 12.3 Å². The maximum Gasteiger partial charge on any atom is 0.417 e. The van der Waals surface area contributed by atoms with Gasteiger partial charge in [-0.1, -0.05) is 29.3 Å². The van der Waals surface area contributed by atoms with Crippen LogP contribution in [-0.2, 0) is 22.7 Å². The molecule has 0 N–H and O–H groups in total. The van der Waals surface area contributed by atoms with E-state index in [1.165, 1.54) is 4.31 Å². The molecule has 1 aromatic heterocycles. The van der Waals surface area contributed by atoms with Gasteiger partial charge in [0.2, 0.25) is 10.0 Å². The van der Waals surface area contributed by atoms with Gasteiger partial charge in [0.25, 0.3) is 0 Å². The Morgan fingerprint density at radius 2 is 1.75 bits per heavy atom. The van der Waals surface area contributed by atoms with Crippen molar-refractivity contribution in [3.63, 3.8) is 0 Å². The molecule has 3 rings (SSSR count). The predicted octanol–water partition coefficient (Wildman–Crippen LogP) is 3.91. The Kier molecular flexibility index (Phi) is 6.21. The summed E-state index contributed by atoms with van der Waals surface area (Å²) in [5.74, 6) is 0. The Bertz CT molecular complexity index is 962. The molecule has 1 fully saturated rings. The maximum atomic E-state index is 13.0. The van der Waals surface area contributed by atoms with Gasteiger partial charge in [-0.05, 0) is 24.3 Å². The lowest BCUT2D eigenvalue weighted by molar-refractivity contribution is -0.137. The average Bonchev–Trinajstić information content (AvgIpc) is 2.63. The monoisotopic (exact) mass is 453 g/mol. The summed E-state index contributed by atoms with van der Waals surface area (Å²) in [6.45, 7) is 1.67. The predicted molar refractivity (Wildman–Crippen MR) is 99.7 cm³/mol. The third-order valence-corrected chi connectivity index (χ3v) is 7.01. The highest BCUT2D eigenvalue weighted by molar-refractivity contribution is 7.89. The van der Waals surface area contributed by atoms with Crippen LogP contribution in [0.1, 0.15) is 11.1 Å². The van der Waals surface area contributed by atoms with Crippen molar-refractivity contribution >= 4 is 33.2 Å². The fraction of sp³-hybridized carbons (Fsp3) is 0.353. The third kappa shape index (κ3) is 4.60. The van der Waals surface area contributed by atoms with E-state index in [4.69, 9.17) is 23.2 Å². The van der Waals surface area contributed by atoms with E-state index in [-0.39, 0.29) is 13.1 Å². The second-order valence-corrected chi connectivity index (χ2v) is 8.98. The van der Waals surface area contributed by atoms with Crippen LogP contribution >= 0.6 is 23.2 Å². The number of piperazine rings is 1. The quantitative estimate of drug-likeness (QED) is 0.658. The molecule has 0 atom stereocenters. The van der Waals surface area contributed by atoms with Crippen LogP contribution in [0.5, 0.6) is 0 Å². The van der Waals surface area contributed by atoms with E-state index in [0.29, 0.717) is 30.9 Å². The molecule has 2 aromatic rings. The van der Waals surface area contributed by atoms with Crippen molar-refractivity contribution in [3.8, 4) is 0 Å². The minimum Gasteiger partial charge on any atom is -0.296 e. The van der Waals surface area contributed by atoms with Crippen molar-refractivity contribution in [1.82, 2.24) is 14.2 Å². The number of benzene rings is 1. The van der Waals surface area contributed by atoms with Crippen molar-refractivity contribution in [3.05, 3.63) is 57.8 Å². The zero-order valence-electron chi connectivity index (χ0n) is 14.5. The zero-order valence-corrected chi connectivity index (χ0v) is 16.8. The van der Waals surface area contributed by atoms with Gasteiger partial charge in [-0.25, -0.2) is 13.4 Å². The highest BCUT2D eigenvalue weighted by Gasteiger charge is 2.36. The summed E-state index contributed by atoms with van der Waals surface area (Å²) >= 11 is 11.6. The lowest BCUT2D eigenvalue weighted by Crippen LogP contribution is -2.48. The smallest absolute Gasteiger partial charge is 0.296 e. The summed E-state index contributed by atoms with van der Waals surface area (Å²) in [5, 5.41) is -0.150. The van der Waals surface area contributed by atoms with E-state index in [2.05, 4.69) is 4.98 Å². The second-order valence-electron chi connectivity index (χ2n) is 6.27. The Hall–Kier alpha value is -1.39. The molecule has 11 heteroatoms. The first kappa shape index (κ1) is 21.3. The Morgan fingerprint density at radius 3 is 2.36 bits per heavy atom. The molecule has 0 bridgehead atoms. The largest absolute Gasteiger partial charge is 0.417 e. The molecule has 28 heavy (non-hydrogen) atoms. The third-order valence-electron chi connectivity index (χ3n) is 4.44. The minimum absolute atomic E-state index is 0.157. The number of hydrogen-bond donors (Lipinski definition) is 0. The molecule has 0 spiro atoms. The van der Waals surface area contributed by atoms with Crippen LogP contribution in [0.15, 0.2) is 41.4 Å². The summed E-state index contributed by atoms with van der Waals surface area (Å²) in [6, 6.07) is 6.23. The number of rotatable bonds is 4. The summed E-state index contributed by atoms with van der Waals surface area (Å²) in [5.41, 5.74) is -0.340. The summed E-state index contributed by atoms with van der Waals surface area (Å²) in [7, 11) is -4.06. The van der Waals surface area contributed by atoms with E-state index in [9.17, 15) is 21.6 Å². The molecule has 1 aromatic carbocycles. The lowest BCUT2D eigenvalue weighted by atomic mass is 10.2. The van der Waals surface area contributed by atoms with Gasteiger partial charge >= 0.3 is 6.18 Å². The molecule has 0 aliphatic carbocycles. The van der Waals surface area contributed by atoms with Crippen molar-refractivity contribution in [2.45, 2.75) is 17.6 Å². The first-order chi connectivity index (χ1) is 13.1. The van der Waals surface area contributed by atoms with Crippen LogP contribution in [0.3, 0.4) is 0 Å². The van der Waals surface area contributed by atoms with Gasteiger partial charge in [0.15, 0.2) is 0 Å². The molecule has 1 saturated heterocycles. The van der Waals surface area contributed by atoms with Crippen molar-refractivity contribution < 1.29 is 21.6 Å². The molecule has 152 valence electrons. The molecule has 0 unspecified atom stereocenters. The number of aromatic nitrogens is 1. The normalized spacial score (nSPS) is 17.0. The highest BCUT2D eigenvalue weighted by Crippen LogP contribution is 2.36. The van der Waals surface area contributed by atoms with Gasteiger partial charge in [0, 0.05) is 44.5 Å². The number of pyridine rings is 1. The van der Waals surface area contributed by atoms with Crippen LogP contribution in [0.4, 0.5) is 13.2 Å². The van der Waals surface area contributed by atoms with Crippen molar-refractivity contribution in [2.75, 3.05) is 26.2 Å². The van der Waals surface area contributed by atoms with Crippen LogP contribution < -0.4 is 0 Å². The molecule has 1 aliphatic rings. The van der Waals surface area contributed by atoms with Gasteiger partial charge < -0.3 is 0 Å². The van der Waals surface area contributed by atoms with Crippen LogP contribution in [0.25, 0.3) is 0 Å². The fourth-order valence-electron chi connectivity index (χ4n) is 2.94. The number of sulfonamides is 1. The second kappa shape index (κ2) is 8.16. The van der Waals surface area contributed by atoms with E-state index in [0.717, 1.165) is 17.7 Å². The lowest BCUT2D eigenvalue weighted by Gasteiger charge is -2.34.